The van der Waals surface area contributed by atoms with Crippen molar-refractivity contribution in [1.82, 2.24) is 4.72 Å². The molecule has 0 aromatic carbocycles. The average molecular weight is 354 g/mol. The van der Waals surface area contributed by atoms with E-state index in [4.69, 9.17) is 5.11 Å². The highest BCUT2D eigenvalue weighted by Crippen LogP contribution is 2.31. The normalized spacial score (nSPS) is 12.1. The van der Waals surface area contributed by atoms with Gasteiger partial charge >= 0.3 is 5.97 Å². The lowest BCUT2D eigenvalue weighted by atomic mass is 10.4. The first-order valence-corrected chi connectivity index (χ1v) is 8.11. The molecule has 100 valence electrons. The molecule has 0 unspecified atom stereocenters. The number of thiophene rings is 1. The maximum absolute atomic E-state index is 11.9. The van der Waals surface area contributed by atoms with Crippen molar-refractivity contribution < 1.29 is 18.3 Å². The van der Waals surface area contributed by atoms with Crippen LogP contribution < -0.4 is 4.72 Å². The van der Waals surface area contributed by atoms with Gasteiger partial charge in [0.25, 0.3) is 0 Å². The minimum absolute atomic E-state index is 0.0179. The highest BCUT2D eigenvalue weighted by atomic mass is 79.9. The van der Waals surface area contributed by atoms with Crippen LogP contribution in [0.5, 0.6) is 0 Å². The summed E-state index contributed by atoms with van der Waals surface area (Å²) in [6.07, 6.45) is 4.26. The van der Waals surface area contributed by atoms with Crippen molar-refractivity contribution in [3.05, 3.63) is 26.9 Å². The Labute approximate surface area is 118 Å². The number of hydrogen-bond donors (Lipinski definition) is 2. The second kappa shape index (κ2) is 6.46. The Morgan fingerprint density at radius 2 is 2.28 bits per heavy atom. The van der Waals surface area contributed by atoms with Crippen LogP contribution in [-0.2, 0) is 10.0 Å². The first-order chi connectivity index (χ1) is 8.38. The van der Waals surface area contributed by atoms with Crippen molar-refractivity contribution in [3.63, 3.8) is 0 Å². The Hall–Kier alpha value is -0.700. The van der Waals surface area contributed by atoms with Crippen molar-refractivity contribution in [1.29, 1.82) is 0 Å². The number of rotatable bonds is 6. The summed E-state index contributed by atoms with van der Waals surface area (Å²) in [4.78, 5) is 10.7. The van der Waals surface area contributed by atoms with Gasteiger partial charge in [-0.2, -0.15) is 0 Å². The highest BCUT2D eigenvalue weighted by Gasteiger charge is 2.22. The predicted octanol–water partition coefficient (Wildman–Crippen LogP) is 2.45. The molecule has 1 rings (SSSR count). The van der Waals surface area contributed by atoms with Gasteiger partial charge < -0.3 is 5.11 Å². The van der Waals surface area contributed by atoms with Crippen LogP contribution in [0, 0.1) is 0 Å². The standard InChI is InChI=1S/C10H12BrNO4S2/c1-2-3-4-5-12-18(15,16)8-6-7(10(13)14)17-9(8)11/h2-3,6,12H,4-5H2,1H3,(H,13,14)/b3-2+. The topological polar surface area (TPSA) is 83.5 Å². The third-order valence-corrected chi connectivity index (χ3v) is 5.70. The van der Waals surface area contributed by atoms with E-state index in [1.54, 1.807) is 0 Å². The predicted molar refractivity (Wildman–Crippen MR) is 73.6 cm³/mol. The number of carboxylic acid groups (broad SMARTS) is 1. The van der Waals surface area contributed by atoms with Crippen molar-refractivity contribution in [2.45, 2.75) is 18.2 Å². The molecule has 0 saturated carbocycles. The van der Waals surface area contributed by atoms with Crippen molar-refractivity contribution in [2.75, 3.05) is 6.54 Å². The van der Waals surface area contributed by atoms with Crippen molar-refractivity contribution in [3.8, 4) is 0 Å². The molecule has 0 amide bonds. The zero-order valence-electron chi connectivity index (χ0n) is 9.51. The fraction of sp³-hybridized carbons (Fsp3) is 0.300. The summed E-state index contributed by atoms with van der Waals surface area (Å²) in [5.41, 5.74) is 0. The van der Waals surface area contributed by atoms with Crippen LogP contribution >= 0.6 is 27.3 Å². The number of sulfonamides is 1. The summed E-state index contributed by atoms with van der Waals surface area (Å²) in [5, 5.41) is 8.80. The van der Waals surface area contributed by atoms with E-state index in [0.717, 1.165) is 17.4 Å². The Kier molecular flexibility index (Phi) is 5.51. The van der Waals surface area contributed by atoms with Crippen molar-refractivity contribution >= 4 is 43.3 Å². The first kappa shape index (κ1) is 15.4. The fourth-order valence-electron chi connectivity index (χ4n) is 1.16. The molecule has 1 aromatic rings. The van der Waals surface area contributed by atoms with E-state index in [9.17, 15) is 13.2 Å². The Balaban J connectivity index is 2.88. The molecule has 1 heterocycles. The van der Waals surface area contributed by atoms with Gasteiger partial charge in [0.05, 0.1) is 3.79 Å². The van der Waals surface area contributed by atoms with Crippen LogP contribution in [0.2, 0.25) is 0 Å². The molecule has 0 aliphatic carbocycles. The van der Waals surface area contributed by atoms with Crippen LogP contribution in [0.15, 0.2) is 26.9 Å². The summed E-state index contributed by atoms with van der Waals surface area (Å²) in [6.45, 7) is 2.13. The summed E-state index contributed by atoms with van der Waals surface area (Å²) in [7, 11) is -3.67. The van der Waals surface area contributed by atoms with Crippen LogP contribution in [0.25, 0.3) is 0 Å². The zero-order valence-corrected chi connectivity index (χ0v) is 12.7. The van der Waals surface area contributed by atoms with E-state index >= 15 is 0 Å². The first-order valence-electron chi connectivity index (χ1n) is 5.02. The monoisotopic (exact) mass is 353 g/mol. The van der Waals surface area contributed by atoms with E-state index in [0.29, 0.717) is 10.2 Å². The molecule has 5 nitrogen and oxygen atoms in total. The van der Waals surface area contributed by atoms with Gasteiger partial charge in [0.1, 0.15) is 9.77 Å². The smallest absolute Gasteiger partial charge is 0.345 e. The van der Waals surface area contributed by atoms with Gasteiger partial charge in [-0.3, -0.25) is 0 Å². The number of hydrogen-bond acceptors (Lipinski definition) is 4. The minimum atomic E-state index is -3.67. The molecule has 0 aliphatic rings. The molecule has 1 aromatic heterocycles. The van der Waals surface area contributed by atoms with E-state index < -0.39 is 16.0 Å². The molecule has 8 heteroatoms. The van der Waals surface area contributed by atoms with Crippen LogP contribution in [0.1, 0.15) is 23.0 Å². The molecule has 2 N–H and O–H groups in total. The minimum Gasteiger partial charge on any atom is -0.477 e. The second-order valence-electron chi connectivity index (χ2n) is 3.31. The quantitative estimate of drug-likeness (QED) is 0.607. The Morgan fingerprint density at radius 3 is 2.78 bits per heavy atom. The maximum atomic E-state index is 11.9. The molecular weight excluding hydrogens is 342 g/mol. The largest absolute Gasteiger partial charge is 0.477 e. The molecule has 0 fully saturated rings. The Bertz CT molecular complexity index is 562. The summed E-state index contributed by atoms with van der Waals surface area (Å²) in [5.74, 6) is -1.14. The van der Waals surface area contributed by atoms with E-state index in [1.165, 1.54) is 0 Å². The third kappa shape index (κ3) is 3.91. The van der Waals surface area contributed by atoms with Crippen LogP contribution in [-0.4, -0.2) is 26.0 Å². The van der Waals surface area contributed by atoms with Crippen LogP contribution in [0.4, 0.5) is 0 Å². The van der Waals surface area contributed by atoms with Gasteiger partial charge in [-0.05, 0) is 35.3 Å². The SMILES string of the molecule is C/C=C/CCNS(=O)(=O)c1cc(C(=O)O)sc1Br. The van der Waals surface area contributed by atoms with E-state index in [-0.39, 0.29) is 16.3 Å². The molecule has 0 saturated heterocycles. The Morgan fingerprint density at radius 1 is 1.61 bits per heavy atom. The number of carboxylic acids is 1. The second-order valence-corrected chi connectivity index (χ2v) is 7.41. The third-order valence-electron chi connectivity index (χ3n) is 1.99. The number of aromatic carboxylic acids is 1. The average Bonchev–Trinajstić information content (AvgIpc) is 2.68. The van der Waals surface area contributed by atoms with Gasteiger partial charge in [-0.15, -0.1) is 11.3 Å². The lowest BCUT2D eigenvalue weighted by Crippen LogP contribution is -2.24. The summed E-state index contributed by atoms with van der Waals surface area (Å²) in [6, 6.07) is 1.15. The van der Waals surface area contributed by atoms with Gasteiger partial charge in [-0.25, -0.2) is 17.9 Å². The lowest BCUT2D eigenvalue weighted by molar-refractivity contribution is 0.0702. The van der Waals surface area contributed by atoms with Crippen LogP contribution in [0.3, 0.4) is 0 Å². The van der Waals surface area contributed by atoms with Gasteiger partial charge in [-0.1, -0.05) is 12.2 Å². The van der Waals surface area contributed by atoms with Gasteiger partial charge in [0.2, 0.25) is 10.0 Å². The number of halogens is 1. The number of carbonyl (C=O) groups is 1. The maximum Gasteiger partial charge on any atom is 0.345 e. The van der Waals surface area contributed by atoms with Gasteiger partial charge in [0.15, 0.2) is 0 Å². The highest BCUT2D eigenvalue weighted by molar-refractivity contribution is 9.11. The molecular formula is C10H12BrNO4S2. The molecule has 0 atom stereocenters. The molecule has 18 heavy (non-hydrogen) atoms. The van der Waals surface area contributed by atoms with Crippen molar-refractivity contribution in [2.24, 2.45) is 0 Å². The number of allylic oxidation sites excluding steroid dienone is 1. The fourth-order valence-corrected chi connectivity index (χ4v) is 4.61. The van der Waals surface area contributed by atoms with E-state index in [2.05, 4.69) is 20.7 Å². The lowest BCUT2D eigenvalue weighted by Gasteiger charge is -2.03. The summed E-state index contributed by atoms with van der Waals surface area (Å²) < 4.78 is 26.5. The molecule has 0 radical (unpaired) electrons. The molecule has 0 spiro atoms. The molecule has 0 aliphatic heterocycles. The number of nitrogens with one attached hydrogen (secondary N) is 1. The zero-order chi connectivity index (χ0) is 13.8. The summed E-state index contributed by atoms with van der Waals surface area (Å²) >= 11 is 3.94. The molecule has 0 bridgehead atoms. The van der Waals surface area contributed by atoms with E-state index in [1.807, 2.05) is 19.1 Å². The van der Waals surface area contributed by atoms with Gasteiger partial charge in [0, 0.05) is 6.54 Å².